The maximum atomic E-state index is 11.1. The van der Waals surface area contributed by atoms with E-state index >= 15 is 0 Å². The van der Waals surface area contributed by atoms with Crippen LogP contribution in [0.4, 0.5) is 0 Å². The molecule has 0 aliphatic carbocycles. The SMILES string of the molecule is Cc1cccc2oc(CS(C)(=O)=O)cc12. The van der Waals surface area contributed by atoms with Gasteiger partial charge in [0.25, 0.3) is 0 Å². The number of fused-ring (bicyclic) bond motifs is 1. The standard InChI is InChI=1S/C11H12O3S/c1-8-4-3-5-11-10(8)6-9(14-11)7-15(2,12)13/h3-6H,7H2,1-2H3. The van der Waals surface area contributed by atoms with E-state index in [0.717, 1.165) is 16.5 Å². The molecule has 0 unspecified atom stereocenters. The lowest BCUT2D eigenvalue weighted by Gasteiger charge is -1.91. The fourth-order valence-corrected chi connectivity index (χ4v) is 2.25. The molecule has 1 aromatic heterocycles. The molecule has 1 heterocycles. The van der Waals surface area contributed by atoms with E-state index in [-0.39, 0.29) is 5.75 Å². The third kappa shape index (κ3) is 2.21. The van der Waals surface area contributed by atoms with Crippen LogP contribution in [0.25, 0.3) is 11.0 Å². The molecule has 0 saturated heterocycles. The highest BCUT2D eigenvalue weighted by molar-refractivity contribution is 7.89. The number of hydrogen-bond acceptors (Lipinski definition) is 3. The molecule has 0 spiro atoms. The van der Waals surface area contributed by atoms with Crippen LogP contribution in [0.3, 0.4) is 0 Å². The van der Waals surface area contributed by atoms with Crippen molar-refractivity contribution in [3.8, 4) is 0 Å². The summed E-state index contributed by atoms with van der Waals surface area (Å²) in [6.45, 7) is 1.97. The van der Waals surface area contributed by atoms with Crippen molar-refractivity contribution in [2.75, 3.05) is 6.26 Å². The molecule has 1 aromatic carbocycles. The van der Waals surface area contributed by atoms with Crippen LogP contribution in [-0.4, -0.2) is 14.7 Å². The molecule has 0 bridgehead atoms. The van der Waals surface area contributed by atoms with Gasteiger partial charge < -0.3 is 4.42 Å². The number of aryl methyl sites for hydroxylation is 1. The molecule has 0 atom stereocenters. The molecule has 2 rings (SSSR count). The van der Waals surface area contributed by atoms with Crippen LogP contribution in [0.5, 0.6) is 0 Å². The van der Waals surface area contributed by atoms with Crippen molar-refractivity contribution in [1.29, 1.82) is 0 Å². The Morgan fingerprint density at radius 2 is 2.07 bits per heavy atom. The van der Waals surface area contributed by atoms with E-state index in [1.54, 1.807) is 6.07 Å². The summed E-state index contributed by atoms with van der Waals surface area (Å²) in [5.74, 6) is 0.461. The topological polar surface area (TPSA) is 47.3 Å². The van der Waals surface area contributed by atoms with Gasteiger partial charge in [0.2, 0.25) is 0 Å². The van der Waals surface area contributed by atoms with Crippen LogP contribution in [0.2, 0.25) is 0 Å². The summed E-state index contributed by atoms with van der Waals surface area (Å²) in [5, 5.41) is 0.983. The van der Waals surface area contributed by atoms with E-state index in [2.05, 4.69) is 0 Å². The molecule has 0 saturated carbocycles. The predicted molar refractivity (Wildman–Crippen MR) is 59.5 cm³/mol. The van der Waals surface area contributed by atoms with Gasteiger partial charge >= 0.3 is 0 Å². The minimum atomic E-state index is -3.03. The lowest BCUT2D eigenvalue weighted by molar-refractivity contribution is 0.557. The first-order valence-corrected chi connectivity index (χ1v) is 6.67. The smallest absolute Gasteiger partial charge is 0.154 e. The van der Waals surface area contributed by atoms with Gasteiger partial charge in [0, 0.05) is 11.6 Å². The lowest BCUT2D eigenvalue weighted by Crippen LogP contribution is -1.98. The van der Waals surface area contributed by atoms with Gasteiger partial charge in [-0.25, -0.2) is 8.42 Å². The second-order valence-corrected chi connectivity index (χ2v) is 5.91. The van der Waals surface area contributed by atoms with Crippen LogP contribution in [0, 0.1) is 6.92 Å². The van der Waals surface area contributed by atoms with Crippen LogP contribution in [0.15, 0.2) is 28.7 Å². The highest BCUT2D eigenvalue weighted by Crippen LogP contribution is 2.23. The summed E-state index contributed by atoms with van der Waals surface area (Å²) in [7, 11) is -3.03. The number of rotatable bonds is 2. The number of benzene rings is 1. The zero-order chi connectivity index (χ0) is 11.1. The van der Waals surface area contributed by atoms with Crippen LogP contribution in [-0.2, 0) is 15.6 Å². The van der Waals surface area contributed by atoms with E-state index in [1.807, 2.05) is 25.1 Å². The molecule has 4 heteroatoms. The second-order valence-electron chi connectivity index (χ2n) is 3.77. The highest BCUT2D eigenvalue weighted by atomic mass is 32.2. The van der Waals surface area contributed by atoms with E-state index in [0.29, 0.717) is 5.76 Å². The van der Waals surface area contributed by atoms with Crippen molar-refractivity contribution < 1.29 is 12.8 Å². The quantitative estimate of drug-likeness (QED) is 0.786. The lowest BCUT2D eigenvalue weighted by atomic mass is 10.1. The first-order valence-electron chi connectivity index (χ1n) is 4.61. The second kappa shape index (κ2) is 3.38. The molecule has 3 nitrogen and oxygen atoms in total. The molecule has 2 aromatic rings. The van der Waals surface area contributed by atoms with Gasteiger partial charge in [-0.15, -0.1) is 0 Å². The Hall–Kier alpha value is -1.29. The Kier molecular flexibility index (Phi) is 2.31. The van der Waals surface area contributed by atoms with Gasteiger partial charge in [-0.3, -0.25) is 0 Å². The number of hydrogen-bond donors (Lipinski definition) is 0. The molecule has 0 N–H and O–H groups in total. The Morgan fingerprint density at radius 3 is 2.67 bits per heavy atom. The summed E-state index contributed by atoms with van der Waals surface area (Å²) >= 11 is 0. The summed E-state index contributed by atoms with van der Waals surface area (Å²) in [5.41, 5.74) is 1.84. The monoisotopic (exact) mass is 224 g/mol. The molecule has 0 aliphatic heterocycles. The zero-order valence-corrected chi connectivity index (χ0v) is 9.47. The molecular weight excluding hydrogens is 212 g/mol. The average Bonchev–Trinajstić information content (AvgIpc) is 2.45. The summed E-state index contributed by atoms with van der Waals surface area (Å²) < 4.78 is 27.7. The van der Waals surface area contributed by atoms with Crippen molar-refractivity contribution in [3.05, 3.63) is 35.6 Å². The molecule has 0 aliphatic rings. The van der Waals surface area contributed by atoms with E-state index < -0.39 is 9.84 Å². The van der Waals surface area contributed by atoms with Crippen LogP contribution in [0.1, 0.15) is 11.3 Å². The third-order valence-electron chi connectivity index (χ3n) is 2.23. The fourth-order valence-electron chi connectivity index (χ4n) is 1.59. The largest absolute Gasteiger partial charge is 0.460 e. The van der Waals surface area contributed by atoms with Gasteiger partial charge in [-0.2, -0.15) is 0 Å². The summed E-state index contributed by atoms with van der Waals surface area (Å²) in [4.78, 5) is 0. The molecule has 0 fully saturated rings. The number of sulfone groups is 1. The summed E-state index contributed by atoms with van der Waals surface area (Å²) in [6, 6.07) is 7.51. The van der Waals surface area contributed by atoms with Gasteiger partial charge in [0.15, 0.2) is 9.84 Å². The number of furan rings is 1. The van der Waals surface area contributed by atoms with E-state index in [1.165, 1.54) is 6.26 Å². The van der Waals surface area contributed by atoms with Crippen LogP contribution >= 0.6 is 0 Å². The minimum Gasteiger partial charge on any atom is -0.460 e. The maximum absolute atomic E-state index is 11.1. The maximum Gasteiger partial charge on any atom is 0.154 e. The van der Waals surface area contributed by atoms with E-state index in [9.17, 15) is 8.42 Å². The average molecular weight is 224 g/mol. The van der Waals surface area contributed by atoms with Crippen molar-refractivity contribution in [3.63, 3.8) is 0 Å². The fraction of sp³-hybridized carbons (Fsp3) is 0.273. The van der Waals surface area contributed by atoms with Gasteiger partial charge in [0.1, 0.15) is 17.1 Å². The first-order chi connectivity index (χ1) is 6.96. The Balaban J connectivity index is 2.53. The highest BCUT2D eigenvalue weighted by Gasteiger charge is 2.10. The van der Waals surface area contributed by atoms with Gasteiger partial charge in [-0.1, -0.05) is 12.1 Å². The van der Waals surface area contributed by atoms with Crippen molar-refractivity contribution >= 4 is 20.8 Å². The Bertz CT molecular complexity index is 593. The first kappa shape index (κ1) is 10.2. The van der Waals surface area contributed by atoms with Gasteiger partial charge in [0.05, 0.1) is 0 Å². The minimum absolute atomic E-state index is 0.0406. The molecule has 0 radical (unpaired) electrons. The van der Waals surface area contributed by atoms with Crippen molar-refractivity contribution in [2.45, 2.75) is 12.7 Å². The van der Waals surface area contributed by atoms with E-state index in [4.69, 9.17) is 4.42 Å². The molecular formula is C11H12O3S. The van der Waals surface area contributed by atoms with Crippen molar-refractivity contribution in [1.82, 2.24) is 0 Å². The van der Waals surface area contributed by atoms with Gasteiger partial charge in [-0.05, 0) is 24.6 Å². The molecule has 15 heavy (non-hydrogen) atoms. The molecule has 80 valence electrons. The normalized spacial score (nSPS) is 12.1. The zero-order valence-electron chi connectivity index (χ0n) is 8.65. The Morgan fingerprint density at radius 1 is 1.33 bits per heavy atom. The van der Waals surface area contributed by atoms with Crippen LogP contribution < -0.4 is 0 Å². The molecule has 0 amide bonds. The Labute approximate surface area is 88.6 Å². The summed E-state index contributed by atoms with van der Waals surface area (Å²) in [6.07, 6.45) is 1.20. The third-order valence-corrected chi connectivity index (χ3v) is 3.04. The van der Waals surface area contributed by atoms with Crippen molar-refractivity contribution in [2.24, 2.45) is 0 Å². The predicted octanol–water partition coefficient (Wildman–Crippen LogP) is 2.29.